The predicted molar refractivity (Wildman–Crippen MR) is 91.0 cm³/mol. The van der Waals surface area contributed by atoms with Crippen molar-refractivity contribution in [3.8, 4) is 0 Å². The van der Waals surface area contributed by atoms with Crippen LogP contribution < -0.4 is 5.32 Å². The van der Waals surface area contributed by atoms with E-state index in [4.69, 9.17) is 11.6 Å². The summed E-state index contributed by atoms with van der Waals surface area (Å²) in [6.07, 6.45) is 4.93. The molecule has 1 N–H and O–H groups in total. The van der Waals surface area contributed by atoms with Gasteiger partial charge < -0.3 is 10.2 Å². The average Bonchev–Trinajstić information content (AvgIpc) is 2.45. The van der Waals surface area contributed by atoms with Crippen LogP contribution in [0.1, 0.15) is 43.0 Å². The van der Waals surface area contributed by atoms with E-state index in [9.17, 15) is 4.79 Å². The molecule has 3 nitrogen and oxygen atoms in total. The third kappa shape index (κ3) is 4.97. The van der Waals surface area contributed by atoms with Gasteiger partial charge >= 0.3 is 0 Å². The Kier molecular flexibility index (Phi) is 6.52. The molecular formula is C16H22BrClN2O. The summed E-state index contributed by atoms with van der Waals surface area (Å²) in [4.78, 5) is 14.6. The molecule has 0 spiro atoms. The third-order valence-corrected chi connectivity index (χ3v) is 4.92. The van der Waals surface area contributed by atoms with Crippen molar-refractivity contribution in [1.29, 1.82) is 0 Å². The van der Waals surface area contributed by atoms with Gasteiger partial charge in [-0.3, -0.25) is 4.79 Å². The predicted octanol–water partition coefficient (Wildman–Crippen LogP) is 4.10. The van der Waals surface area contributed by atoms with Gasteiger partial charge in [0, 0.05) is 28.6 Å². The number of likely N-dealkylation sites (tertiary alicyclic amines) is 1. The van der Waals surface area contributed by atoms with E-state index in [-0.39, 0.29) is 5.91 Å². The maximum atomic E-state index is 12.1. The molecule has 0 bridgehead atoms. The first-order valence-electron chi connectivity index (χ1n) is 7.55. The standard InChI is InChI=1S/C16H22BrClN2O/c1-12-5-2-3-9-20(12)10-4-8-19-16(21)14-7-6-13(18)11-15(14)17/h6-7,11-12H,2-5,8-10H2,1H3,(H,19,21). The summed E-state index contributed by atoms with van der Waals surface area (Å²) < 4.78 is 0.733. The quantitative estimate of drug-likeness (QED) is 0.788. The number of halogens is 2. The molecule has 1 unspecified atom stereocenters. The first-order chi connectivity index (χ1) is 10.1. The zero-order valence-electron chi connectivity index (χ0n) is 12.4. The van der Waals surface area contributed by atoms with Crippen LogP contribution in [0.2, 0.25) is 5.02 Å². The van der Waals surface area contributed by atoms with E-state index in [0.29, 0.717) is 23.2 Å². The highest BCUT2D eigenvalue weighted by atomic mass is 79.9. The van der Waals surface area contributed by atoms with E-state index in [0.717, 1.165) is 17.4 Å². The minimum absolute atomic E-state index is 0.0507. The van der Waals surface area contributed by atoms with Gasteiger partial charge in [-0.05, 0) is 66.9 Å². The normalized spacial score (nSPS) is 19.5. The number of amides is 1. The van der Waals surface area contributed by atoms with Gasteiger partial charge in [-0.15, -0.1) is 0 Å². The number of carbonyl (C=O) groups excluding carboxylic acids is 1. The molecule has 1 heterocycles. The van der Waals surface area contributed by atoms with Crippen LogP contribution in [0.25, 0.3) is 0 Å². The molecule has 5 heteroatoms. The van der Waals surface area contributed by atoms with Gasteiger partial charge in [-0.2, -0.15) is 0 Å². The van der Waals surface area contributed by atoms with Gasteiger partial charge in [0.25, 0.3) is 5.91 Å². The van der Waals surface area contributed by atoms with Crippen LogP contribution >= 0.6 is 27.5 Å². The lowest BCUT2D eigenvalue weighted by molar-refractivity contribution is 0.0948. The van der Waals surface area contributed by atoms with E-state index in [1.807, 2.05) is 0 Å². The van der Waals surface area contributed by atoms with Gasteiger partial charge in [-0.1, -0.05) is 18.0 Å². The van der Waals surface area contributed by atoms with Crippen molar-refractivity contribution in [2.75, 3.05) is 19.6 Å². The SMILES string of the molecule is CC1CCCCN1CCCNC(=O)c1ccc(Cl)cc1Br. The van der Waals surface area contributed by atoms with Crippen molar-refractivity contribution < 1.29 is 4.79 Å². The first kappa shape index (κ1) is 16.8. The Morgan fingerprint density at radius 1 is 1.48 bits per heavy atom. The van der Waals surface area contributed by atoms with Crippen molar-refractivity contribution in [3.05, 3.63) is 33.3 Å². The fourth-order valence-electron chi connectivity index (χ4n) is 2.74. The largest absolute Gasteiger partial charge is 0.352 e. The van der Waals surface area contributed by atoms with Gasteiger partial charge in [0.05, 0.1) is 5.56 Å². The molecule has 1 aromatic carbocycles. The first-order valence-corrected chi connectivity index (χ1v) is 8.72. The third-order valence-electron chi connectivity index (χ3n) is 4.02. The summed E-state index contributed by atoms with van der Waals surface area (Å²) in [6.45, 7) is 5.25. The molecule has 21 heavy (non-hydrogen) atoms. The smallest absolute Gasteiger partial charge is 0.252 e. The topological polar surface area (TPSA) is 32.3 Å². The fraction of sp³-hybridized carbons (Fsp3) is 0.562. The second-order valence-electron chi connectivity index (χ2n) is 5.61. The van der Waals surface area contributed by atoms with Crippen LogP contribution in [-0.2, 0) is 0 Å². The average molecular weight is 374 g/mol. The number of hydrogen-bond acceptors (Lipinski definition) is 2. The molecule has 116 valence electrons. The van der Waals surface area contributed by atoms with Crippen LogP contribution in [0.5, 0.6) is 0 Å². The van der Waals surface area contributed by atoms with E-state index in [1.165, 1.54) is 25.8 Å². The maximum Gasteiger partial charge on any atom is 0.252 e. The van der Waals surface area contributed by atoms with Crippen LogP contribution in [0, 0.1) is 0 Å². The van der Waals surface area contributed by atoms with Gasteiger partial charge in [0.1, 0.15) is 0 Å². The Balaban J connectivity index is 1.74. The van der Waals surface area contributed by atoms with Crippen LogP contribution in [0.3, 0.4) is 0 Å². The lowest BCUT2D eigenvalue weighted by Crippen LogP contribution is -2.39. The van der Waals surface area contributed by atoms with Crippen LogP contribution in [0.15, 0.2) is 22.7 Å². The number of rotatable bonds is 5. The molecule has 1 amide bonds. The lowest BCUT2D eigenvalue weighted by Gasteiger charge is -2.33. The number of nitrogens with zero attached hydrogens (tertiary/aromatic N) is 1. The molecule has 0 aromatic heterocycles. The molecule has 0 saturated carbocycles. The monoisotopic (exact) mass is 372 g/mol. The van der Waals surface area contributed by atoms with E-state index in [1.54, 1.807) is 18.2 Å². The summed E-state index contributed by atoms with van der Waals surface area (Å²) in [5, 5.41) is 3.60. The molecule has 1 aliphatic heterocycles. The number of hydrogen-bond donors (Lipinski definition) is 1. The number of carbonyl (C=O) groups is 1. The van der Waals surface area contributed by atoms with Crippen molar-refractivity contribution in [1.82, 2.24) is 10.2 Å². The van der Waals surface area contributed by atoms with Crippen LogP contribution in [0.4, 0.5) is 0 Å². The number of piperidine rings is 1. The molecule has 1 aliphatic rings. The Labute approximate surface area is 140 Å². The summed E-state index contributed by atoms with van der Waals surface area (Å²) in [5.74, 6) is -0.0507. The molecule has 1 fully saturated rings. The summed E-state index contributed by atoms with van der Waals surface area (Å²) in [7, 11) is 0. The number of nitrogens with one attached hydrogen (secondary N) is 1. The maximum absolute atomic E-state index is 12.1. The highest BCUT2D eigenvalue weighted by Gasteiger charge is 2.17. The molecule has 1 aromatic rings. The lowest BCUT2D eigenvalue weighted by atomic mass is 10.0. The van der Waals surface area contributed by atoms with E-state index < -0.39 is 0 Å². The van der Waals surface area contributed by atoms with Gasteiger partial charge in [0.2, 0.25) is 0 Å². The summed E-state index contributed by atoms with van der Waals surface area (Å²) in [6, 6.07) is 5.90. The van der Waals surface area contributed by atoms with Crippen molar-refractivity contribution in [2.24, 2.45) is 0 Å². The minimum Gasteiger partial charge on any atom is -0.352 e. The Morgan fingerprint density at radius 2 is 2.29 bits per heavy atom. The molecule has 1 saturated heterocycles. The van der Waals surface area contributed by atoms with Crippen LogP contribution in [-0.4, -0.2) is 36.5 Å². The Hall–Kier alpha value is -0.580. The highest BCUT2D eigenvalue weighted by Crippen LogP contribution is 2.21. The second kappa shape index (κ2) is 8.16. The molecule has 1 atom stereocenters. The second-order valence-corrected chi connectivity index (χ2v) is 6.91. The Morgan fingerprint density at radius 3 is 3.00 bits per heavy atom. The Bertz CT molecular complexity index is 495. The fourth-order valence-corrected chi connectivity index (χ4v) is 3.61. The highest BCUT2D eigenvalue weighted by molar-refractivity contribution is 9.10. The van der Waals surface area contributed by atoms with E-state index >= 15 is 0 Å². The van der Waals surface area contributed by atoms with Gasteiger partial charge in [0.15, 0.2) is 0 Å². The molecule has 2 rings (SSSR count). The molecule has 0 aliphatic carbocycles. The van der Waals surface area contributed by atoms with Crippen molar-refractivity contribution >= 4 is 33.4 Å². The summed E-state index contributed by atoms with van der Waals surface area (Å²) in [5.41, 5.74) is 0.630. The van der Waals surface area contributed by atoms with Gasteiger partial charge in [-0.25, -0.2) is 0 Å². The number of benzene rings is 1. The molecule has 0 radical (unpaired) electrons. The van der Waals surface area contributed by atoms with E-state index in [2.05, 4.69) is 33.1 Å². The minimum atomic E-state index is -0.0507. The zero-order chi connectivity index (χ0) is 15.2. The zero-order valence-corrected chi connectivity index (χ0v) is 14.7. The molecular weight excluding hydrogens is 352 g/mol. The van der Waals surface area contributed by atoms with Crippen molar-refractivity contribution in [3.63, 3.8) is 0 Å². The van der Waals surface area contributed by atoms with Crippen molar-refractivity contribution in [2.45, 2.75) is 38.6 Å². The summed E-state index contributed by atoms with van der Waals surface area (Å²) >= 11 is 9.25.